The number of hydrogen-bond acceptors (Lipinski definition) is 5. The minimum Gasteiger partial charge on any atom is -0.494 e. The van der Waals surface area contributed by atoms with Gasteiger partial charge in [-0.3, -0.25) is 14.9 Å². The Kier molecular flexibility index (Phi) is 4.36. The highest BCUT2D eigenvalue weighted by molar-refractivity contribution is 6.33. The van der Waals surface area contributed by atoms with Gasteiger partial charge in [-0.15, -0.1) is 0 Å². The predicted molar refractivity (Wildman–Crippen MR) is 60.6 cm³/mol. The van der Waals surface area contributed by atoms with Crippen LogP contribution in [0.1, 0.15) is 12.5 Å². The normalized spacial score (nSPS) is 9.83. The molecule has 1 rings (SSSR count). The molecule has 0 heterocycles. The summed E-state index contributed by atoms with van der Waals surface area (Å²) in [6.45, 7) is 2.10. The molecule has 0 bridgehead atoms. The Bertz CT molecular complexity index is 496. The third kappa shape index (κ3) is 3.27. The lowest BCUT2D eigenvalue weighted by molar-refractivity contribution is -0.385. The Morgan fingerprint density at radius 3 is 2.61 bits per heavy atom. The fraction of sp³-hybridized carbons (Fsp3) is 0.273. The molecule has 1 N–H and O–H groups in total. The van der Waals surface area contributed by atoms with E-state index in [0.29, 0.717) is 12.4 Å². The molecule has 7 heteroatoms. The topological polar surface area (TPSA) is 107 Å². The molecule has 0 saturated heterocycles. The number of hydrogen-bond donors (Lipinski definition) is 1. The van der Waals surface area contributed by atoms with Crippen molar-refractivity contribution in [1.29, 1.82) is 0 Å². The van der Waals surface area contributed by atoms with E-state index < -0.39 is 23.1 Å². The zero-order valence-electron chi connectivity index (χ0n) is 9.58. The molecule has 0 atom stereocenters. The molecule has 7 nitrogen and oxygen atoms in total. The van der Waals surface area contributed by atoms with Crippen molar-refractivity contribution in [2.24, 2.45) is 0 Å². The Balaban J connectivity index is 3.11. The van der Waals surface area contributed by atoms with Crippen molar-refractivity contribution in [3.63, 3.8) is 0 Å². The molecule has 0 spiro atoms. The van der Waals surface area contributed by atoms with Crippen LogP contribution in [0.3, 0.4) is 0 Å². The summed E-state index contributed by atoms with van der Waals surface area (Å²) >= 11 is 0. The number of Topliss-reactive ketones (excluding diaryl/α,β-unsaturated/α-hetero) is 1. The number of rotatable bonds is 6. The van der Waals surface area contributed by atoms with E-state index in [2.05, 4.69) is 0 Å². The van der Waals surface area contributed by atoms with Crippen molar-refractivity contribution >= 4 is 17.4 Å². The Hall–Kier alpha value is -2.44. The largest absolute Gasteiger partial charge is 0.494 e. The summed E-state index contributed by atoms with van der Waals surface area (Å²) in [6, 6.07) is 3.90. The number of benzene rings is 1. The van der Waals surface area contributed by atoms with E-state index in [1.807, 2.05) is 0 Å². The van der Waals surface area contributed by atoms with Gasteiger partial charge >= 0.3 is 5.97 Å². The van der Waals surface area contributed by atoms with Crippen LogP contribution in [0.5, 0.6) is 5.75 Å². The standard InChI is InChI=1S/C11H11NO6/c1-2-18-8-3-4-9(12(16)17)7(5-8)6-10(13)11(14)15/h3-5H,2,6H2,1H3,(H,14,15). The highest BCUT2D eigenvalue weighted by Gasteiger charge is 2.20. The van der Waals surface area contributed by atoms with Gasteiger partial charge in [-0.1, -0.05) is 0 Å². The first kappa shape index (κ1) is 13.6. The summed E-state index contributed by atoms with van der Waals surface area (Å²) in [7, 11) is 0. The van der Waals surface area contributed by atoms with Gasteiger partial charge in [0.1, 0.15) is 5.75 Å². The number of carbonyl (C=O) groups excluding carboxylic acids is 1. The van der Waals surface area contributed by atoms with Crippen LogP contribution >= 0.6 is 0 Å². The molecule has 0 saturated carbocycles. The maximum Gasteiger partial charge on any atom is 0.372 e. The van der Waals surface area contributed by atoms with Gasteiger partial charge in [-0.25, -0.2) is 4.79 Å². The van der Waals surface area contributed by atoms with Crippen LogP contribution in [-0.4, -0.2) is 28.4 Å². The summed E-state index contributed by atoms with van der Waals surface area (Å²) in [5.74, 6) is -2.37. The number of ketones is 1. The monoisotopic (exact) mass is 253 g/mol. The summed E-state index contributed by atoms with van der Waals surface area (Å²) in [6.07, 6.45) is -0.535. The van der Waals surface area contributed by atoms with Crippen LogP contribution in [0.15, 0.2) is 18.2 Å². The third-order valence-electron chi connectivity index (χ3n) is 2.15. The van der Waals surface area contributed by atoms with Crippen LogP contribution in [0.2, 0.25) is 0 Å². The van der Waals surface area contributed by atoms with Crippen LogP contribution in [0.4, 0.5) is 5.69 Å². The van der Waals surface area contributed by atoms with Crippen LogP contribution in [0.25, 0.3) is 0 Å². The summed E-state index contributed by atoms with van der Waals surface area (Å²) in [4.78, 5) is 31.6. The molecule has 0 fully saturated rings. The van der Waals surface area contributed by atoms with Gasteiger partial charge in [0.25, 0.3) is 5.69 Å². The second-order valence-corrected chi connectivity index (χ2v) is 3.39. The first-order valence-electron chi connectivity index (χ1n) is 5.12. The lowest BCUT2D eigenvalue weighted by atomic mass is 10.1. The quantitative estimate of drug-likeness (QED) is 0.463. The van der Waals surface area contributed by atoms with Crippen molar-refractivity contribution in [3.8, 4) is 5.75 Å². The van der Waals surface area contributed by atoms with Gasteiger partial charge in [0, 0.05) is 18.1 Å². The third-order valence-corrected chi connectivity index (χ3v) is 2.15. The molecule has 0 radical (unpaired) electrons. The van der Waals surface area contributed by atoms with E-state index in [-0.39, 0.29) is 11.3 Å². The molecule has 96 valence electrons. The highest BCUT2D eigenvalue weighted by atomic mass is 16.6. The van der Waals surface area contributed by atoms with Crippen molar-refractivity contribution in [2.75, 3.05) is 6.61 Å². The number of carboxylic acids is 1. The number of nitro benzene ring substituents is 1. The number of nitro groups is 1. The molecule has 1 aromatic carbocycles. The van der Waals surface area contributed by atoms with Crippen molar-refractivity contribution in [3.05, 3.63) is 33.9 Å². The molecule has 0 aliphatic heterocycles. The van der Waals surface area contributed by atoms with Gasteiger partial charge in [0.2, 0.25) is 5.78 Å². The van der Waals surface area contributed by atoms with E-state index in [1.54, 1.807) is 6.92 Å². The minimum absolute atomic E-state index is 0.0263. The van der Waals surface area contributed by atoms with E-state index in [0.717, 1.165) is 0 Å². The lowest BCUT2D eigenvalue weighted by Gasteiger charge is -2.05. The molecule has 0 aromatic heterocycles. The zero-order valence-corrected chi connectivity index (χ0v) is 9.58. The molecule has 1 aromatic rings. The summed E-state index contributed by atoms with van der Waals surface area (Å²) in [5.41, 5.74) is -0.272. The minimum atomic E-state index is -1.62. The van der Waals surface area contributed by atoms with E-state index >= 15 is 0 Å². The zero-order chi connectivity index (χ0) is 13.7. The van der Waals surface area contributed by atoms with Gasteiger partial charge in [0.05, 0.1) is 11.5 Å². The first-order chi connectivity index (χ1) is 8.45. The molecule has 0 amide bonds. The Morgan fingerprint density at radius 1 is 1.44 bits per heavy atom. The van der Waals surface area contributed by atoms with E-state index in [4.69, 9.17) is 9.84 Å². The van der Waals surface area contributed by atoms with Gasteiger partial charge < -0.3 is 9.84 Å². The molecule has 0 unspecified atom stereocenters. The average molecular weight is 253 g/mol. The van der Waals surface area contributed by atoms with E-state index in [9.17, 15) is 19.7 Å². The second kappa shape index (κ2) is 5.76. The Morgan fingerprint density at radius 2 is 2.11 bits per heavy atom. The molecular formula is C11H11NO6. The SMILES string of the molecule is CCOc1ccc([N+](=O)[O-])c(CC(=O)C(=O)O)c1. The smallest absolute Gasteiger partial charge is 0.372 e. The van der Waals surface area contributed by atoms with Crippen molar-refractivity contribution in [1.82, 2.24) is 0 Å². The molecule has 0 aliphatic carbocycles. The summed E-state index contributed by atoms with van der Waals surface area (Å²) in [5, 5.41) is 19.2. The van der Waals surface area contributed by atoms with Gasteiger partial charge in [-0.05, 0) is 19.1 Å². The molecular weight excluding hydrogens is 242 g/mol. The van der Waals surface area contributed by atoms with Crippen LogP contribution in [-0.2, 0) is 16.0 Å². The fourth-order valence-electron chi connectivity index (χ4n) is 1.39. The predicted octanol–water partition coefficient (Wildman–Crippen LogP) is 1.19. The first-order valence-corrected chi connectivity index (χ1v) is 5.12. The average Bonchev–Trinajstić information content (AvgIpc) is 2.29. The summed E-state index contributed by atoms with van der Waals surface area (Å²) < 4.78 is 5.14. The number of carbonyl (C=O) groups is 2. The number of carboxylic acid groups (broad SMARTS) is 1. The van der Waals surface area contributed by atoms with E-state index in [1.165, 1.54) is 18.2 Å². The molecule has 0 aliphatic rings. The van der Waals surface area contributed by atoms with Crippen molar-refractivity contribution in [2.45, 2.75) is 13.3 Å². The number of ether oxygens (including phenoxy) is 1. The number of aliphatic carboxylic acids is 1. The lowest BCUT2D eigenvalue weighted by Crippen LogP contribution is -2.16. The number of nitrogens with zero attached hydrogens (tertiary/aromatic N) is 1. The molecule has 18 heavy (non-hydrogen) atoms. The highest BCUT2D eigenvalue weighted by Crippen LogP contribution is 2.24. The second-order valence-electron chi connectivity index (χ2n) is 3.39. The Labute approximate surface area is 102 Å². The fourth-order valence-corrected chi connectivity index (χ4v) is 1.39. The maximum atomic E-state index is 11.1. The van der Waals surface area contributed by atoms with Crippen molar-refractivity contribution < 1.29 is 24.4 Å². The van der Waals surface area contributed by atoms with Crippen LogP contribution < -0.4 is 4.74 Å². The van der Waals surface area contributed by atoms with Gasteiger partial charge in [0.15, 0.2) is 0 Å². The maximum absolute atomic E-state index is 11.1. The van der Waals surface area contributed by atoms with Gasteiger partial charge in [-0.2, -0.15) is 0 Å². The van der Waals surface area contributed by atoms with Crippen LogP contribution in [0, 0.1) is 10.1 Å².